The predicted octanol–water partition coefficient (Wildman–Crippen LogP) is 1.31. The summed E-state index contributed by atoms with van der Waals surface area (Å²) in [7, 11) is -1.67. The van der Waals surface area contributed by atoms with Crippen LogP contribution in [0.25, 0.3) is 5.53 Å². The SMILES string of the molecule is CC(C)(O)C(=[N+]=[N-])[Si](C)(C)C. The number of hydrogen-bond donors (Lipinski definition) is 1. The second-order valence-electron chi connectivity index (χ2n) is 4.26. The highest BCUT2D eigenvalue weighted by atomic mass is 28.3. The van der Waals surface area contributed by atoms with Crippen molar-refractivity contribution in [2.75, 3.05) is 0 Å². The summed E-state index contributed by atoms with van der Waals surface area (Å²) in [5, 5.41) is 10.1. The molecule has 0 unspecified atom stereocenters. The molecule has 4 heteroatoms. The zero-order valence-corrected chi connectivity index (χ0v) is 8.84. The summed E-state index contributed by atoms with van der Waals surface area (Å²) in [5.41, 5.74) is 7.67. The quantitative estimate of drug-likeness (QED) is 0.290. The largest absolute Gasteiger partial charge is 0.379 e. The molecule has 0 radical (unpaired) electrons. The molecule has 0 rings (SSSR count). The fourth-order valence-corrected chi connectivity index (χ4v) is 3.33. The summed E-state index contributed by atoms with van der Waals surface area (Å²) in [6, 6.07) is 0. The molecule has 0 heterocycles. The first-order valence-corrected chi connectivity index (χ1v) is 7.15. The zero-order chi connectivity index (χ0) is 9.28. The molecule has 0 aliphatic rings. The van der Waals surface area contributed by atoms with Crippen LogP contribution in [0, 0.1) is 0 Å². The Bertz CT molecular complexity index is 177. The minimum Gasteiger partial charge on any atom is -0.379 e. The van der Waals surface area contributed by atoms with Gasteiger partial charge in [-0.15, -0.1) is 0 Å². The van der Waals surface area contributed by atoms with Crippen molar-refractivity contribution in [1.82, 2.24) is 0 Å². The van der Waals surface area contributed by atoms with E-state index in [1.54, 1.807) is 13.8 Å². The molecule has 0 aliphatic heterocycles. The fourth-order valence-electron chi connectivity index (χ4n) is 1.19. The van der Waals surface area contributed by atoms with Gasteiger partial charge in [-0.3, -0.25) is 0 Å². The Morgan fingerprint density at radius 2 is 1.73 bits per heavy atom. The van der Waals surface area contributed by atoms with Gasteiger partial charge in [-0.05, 0) is 13.8 Å². The van der Waals surface area contributed by atoms with Crippen molar-refractivity contribution >= 4 is 13.4 Å². The molecule has 0 aromatic carbocycles. The monoisotopic (exact) mass is 172 g/mol. The van der Waals surface area contributed by atoms with Crippen molar-refractivity contribution in [1.29, 1.82) is 0 Å². The zero-order valence-electron chi connectivity index (χ0n) is 7.84. The third-order valence-electron chi connectivity index (χ3n) is 1.39. The van der Waals surface area contributed by atoms with E-state index in [4.69, 9.17) is 5.53 Å². The molecule has 0 spiro atoms. The normalized spacial score (nSPS) is 12.5. The van der Waals surface area contributed by atoms with E-state index < -0.39 is 13.7 Å². The van der Waals surface area contributed by atoms with Crippen LogP contribution in [0.1, 0.15) is 13.8 Å². The van der Waals surface area contributed by atoms with Crippen LogP contribution in [0.3, 0.4) is 0 Å². The molecule has 0 saturated carbocycles. The molecular formula is C7H16N2OSi. The maximum atomic E-state index is 9.56. The van der Waals surface area contributed by atoms with E-state index >= 15 is 0 Å². The summed E-state index contributed by atoms with van der Waals surface area (Å²) in [5.74, 6) is 0. The highest BCUT2D eigenvalue weighted by molar-refractivity contribution is 7.04. The van der Waals surface area contributed by atoms with Crippen molar-refractivity contribution in [2.24, 2.45) is 0 Å². The van der Waals surface area contributed by atoms with Crippen molar-refractivity contribution < 1.29 is 9.90 Å². The molecule has 0 aromatic rings. The third kappa shape index (κ3) is 2.97. The Balaban J connectivity index is 4.90. The molecule has 0 saturated heterocycles. The lowest BCUT2D eigenvalue weighted by Crippen LogP contribution is -2.48. The van der Waals surface area contributed by atoms with Gasteiger partial charge >= 0.3 is 0 Å². The van der Waals surface area contributed by atoms with Crippen molar-refractivity contribution in [3.8, 4) is 0 Å². The van der Waals surface area contributed by atoms with Crippen LogP contribution < -0.4 is 0 Å². The Hall–Kier alpha value is -0.443. The first kappa shape index (κ1) is 10.6. The Kier molecular flexibility index (Phi) is 2.77. The van der Waals surface area contributed by atoms with E-state index in [0.29, 0.717) is 5.33 Å². The van der Waals surface area contributed by atoms with Gasteiger partial charge in [0, 0.05) is 0 Å². The van der Waals surface area contributed by atoms with Crippen LogP contribution >= 0.6 is 0 Å². The van der Waals surface area contributed by atoms with Crippen LogP contribution in [0.4, 0.5) is 0 Å². The van der Waals surface area contributed by atoms with Crippen molar-refractivity contribution in [3.05, 3.63) is 5.53 Å². The molecule has 0 aliphatic carbocycles. The van der Waals surface area contributed by atoms with Crippen LogP contribution in [-0.4, -0.2) is 28.9 Å². The number of hydrogen-bond acceptors (Lipinski definition) is 1. The van der Waals surface area contributed by atoms with Gasteiger partial charge in [0.2, 0.25) is 0 Å². The first-order valence-electron chi connectivity index (χ1n) is 3.65. The van der Waals surface area contributed by atoms with Gasteiger partial charge in [-0.2, -0.15) is 4.79 Å². The van der Waals surface area contributed by atoms with Gasteiger partial charge in [0.15, 0.2) is 8.07 Å². The van der Waals surface area contributed by atoms with Crippen molar-refractivity contribution in [3.63, 3.8) is 0 Å². The summed E-state index contributed by atoms with van der Waals surface area (Å²) < 4.78 is 0. The summed E-state index contributed by atoms with van der Waals surface area (Å²) in [6.07, 6.45) is 0. The lowest BCUT2D eigenvalue weighted by molar-refractivity contribution is -0.0276. The van der Waals surface area contributed by atoms with Crippen molar-refractivity contribution in [2.45, 2.75) is 39.1 Å². The maximum Gasteiger partial charge on any atom is 0.266 e. The highest BCUT2D eigenvalue weighted by Gasteiger charge is 2.41. The molecule has 11 heavy (non-hydrogen) atoms. The van der Waals surface area contributed by atoms with Gasteiger partial charge in [0.25, 0.3) is 5.33 Å². The summed E-state index contributed by atoms with van der Waals surface area (Å²) in [6.45, 7) is 9.36. The molecule has 1 N–H and O–H groups in total. The minimum absolute atomic E-state index is 0.532. The summed E-state index contributed by atoms with van der Waals surface area (Å²) >= 11 is 0. The minimum atomic E-state index is -1.67. The van der Waals surface area contributed by atoms with Gasteiger partial charge in [-0.25, -0.2) is 0 Å². The average Bonchev–Trinajstić information content (AvgIpc) is 1.56. The summed E-state index contributed by atoms with van der Waals surface area (Å²) in [4.78, 5) is 3.16. The smallest absolute Gasteiger partial charge is 0.266 e. The standard InChI is InChI=1S/C7H16N2OSi/c1-7(2,10)6(9-8)11(3,4)5/h10H,1-5H3. The Morgan fingerprint density at radius 1 is 1.36 bits per heavy atom. The van der Waals surface area contributed by atoms with Gasteiger partial charge in [-0.1, -0.05) is 19.6 Å². The van der Waals surface area contributed by atoms with E-state index in [2.05, 4.69) is 4.79 Å². The number of aliphatic hydroxyl groups is 1. The molecular weight excluding hydrogens is 156 g/mol. The molecule has 64 valence electrons. The maximum absolute atomic E-state index is 9.56. The van der Waals surface area contributed by atoms with Gasteiger partial charge < -0.3 is 10.6 Å². The Morgan fingerprint density at radius 3 is 1.73 bits per heavy atom. The van der Waals surface area contributed by atoms with Crippen LogP contribution in [0.5, 0.6) is 0 Å². The van der Waals surface area contributed by atoms with E-state index in [9.17, 15) is 5.11 Å². The predicted molar refractivity (Wildman–Crippen MR) is 48.3 cm³/mol. The van der Waals surface area contributed by atoms with Crippen LogP contribution in [0.2, 0.25) is 19.6 Å². The van der Waals surface area contributed by atoms with E-state index in [-0.39, 0.29) is 0 Å². The molecule has 0 amide bonds. The second-order valence-corrected chi connectivity index (χ2v) is 9.23. The lowest BCUT2D eigenvalue weighted by atomic mass is 10.2. The topological polar surface area (TPSA) is 56.6 Å². The molecule has 0 atom stereocenters. The van der Waals surface area contributed by atoms with Gasteiger partial charge in [0.1, 0.15) is 5.60 Å². The highest BCUT2D eigenvalue weighted by Crippen LogP contribution is 2.13. The van der Waals surface area contributed by atoms with E-state index in [1.807, 2.05) is 19.6 Å². The number of nitrogens with zero attached hydrogens (tertiary/aromatic N) is 2. The van der Waals surface area contributed by atoms with Crippen LogP contribution in [0.15, 0.2) is 0 Å². The van der Waals surface area contributed by atoms with Gasteiger partial charge in [0.05, 0.1) is 0 Å². The molecule has 0 bridgehead atoms. The average molecular weight is 172 g/mol. The Labute approximate surface area is 68.7 Å². The second kappa shape index (κ2) is 2.89. The molecule has 3 nitrogen and oxygen atoms in total. The molecule has 0 fully saturated rings. The van der Waals surface area contributed by atoms with E-state index in [1.165, 1.54) is 0 Å². The van der Waals surface area contributed by atoms with Crippen LogP contribution in [-0.2, 0) is 0 Å². The fraction of sp³-hybridized carbons (Fsp3) is 0.857. The lowest BCUT2D eigenvalue weighted by Gasteiger charge is -2.19. The number of rotatable bonds is 2. The van der Waals surface area contributed by atoms with E-state index in [0.717, 1.165) is 0 Å². The molecule has 0 aromatic heterocycles. The third-order valence-corrected chi connectivity index (χ3v) is 3.52. The first-order chi connectivity index (χ1) is 4.69.